The van der Waals surface area contributed by atoms with Gasteiger partial charge in [-0.15, -0.1) is 0 Å². The highest BCUT2D eigenvalue weighted by molar-refractivity contribution is 5.55. The number of allylic oxidation sites excluding steroid dienone is 2. The molecule has 0 radical (unpaired) electrons. The SMILES string of the molecule is CCCCCC(C)C(CC)c1cc(O)c2c(c1)OC1=C(CCC(C)C1)C2C. The fourth-order valence-electron chi connectivity index (χ4n) is 5.21. The van der Waals surface area contributed by atoms with Crippen molar-refractivity contribution >= 4 is 0 Å². The van der Waals surface area contributed by atoms with Crippen LogP contribution >= 0.6 is 0 Å². The van der Waals surface area contributed by atoms with E-state index in [0.29, 0.717) is 23.5 Å². The minimum Gasteiger partial charge on any atom is -0.507 e. The second-order valence-electron chi connectivity index (χ2n) is 9.06. The molecule has 0 bridgehead atoms. The predicted molar refractivity (Wildman–Crippen MR) is 114 cm³/mol. The summed E-state index contributed by atoms with van der Waals surface area (Å²) in [7, 11) is 0. The summed E-state index contributed by atoms with van der Waals surface area (Å²) in [5, 5.41) is 10.9. The molecule has 1 aromatic rings. The summed E-state index contributed by atoms with van der Waals surface area (Å²) in [4.78, 5) is 0. The van der Waals surface area contributed by atoms with E-state index >= 15 is 0 Å². The molecule has 0 amide bonds. The largest absolute Gasteiger partial charge is 0.507 e. The number of phenolic OH excluding ortho intramolecular Hbond substituents is 1. The van der Waals surface area contributed by atoms with Crippen molar-refractivity contribution in [3.05, 3.63) is 34.6 Å². The van der Waals surface area contributed by atoms with Gasteiger partial charge in [0.2, 0.25) is 0 Å². The van der Waals surface area contributed by atoms with Crippen molar-refractivity contribution in [2.75, 3.05) is 0 Å². The fraction of sp³-hybridized carbons (Fsp3) is 0.680. The minimum absolute atomic E-state index is 0.271. The van der Waals surface area contributed by atoms with Gasteiger partial charge in [0.05, 0.1) is 0 Å². The summed E-state index contributed by atoms with van der Waals surface area (Å²) in [6, 6.07) is 4.26. The van der Waals surface area contributed by atoms with Crippen molar-refractivity contribution in [3.8, 4) is 11.5 Å². The third-order valence-electron chi connectivity index (χ3n) is 6.95. The van der Waals surface area contributed by atoms with Gasteiger partial charge in [0.1, 0.15) is 17.3 Å². The van der Waals surface area contributed by atoms with Gasteiger partial charge in [-0.1, -0.05) is 60.3 Å². The van der Waals surface area contributed by atoms with Crippen LogP contribution in [0.2, 0.25) is 0 Å². The molecule has 1 heterocycles. The molecule has 1 aromatic carbocycles. The number of fused-ring (bicyclic) bond motifs is 1. The van der Waals surface area contributed by atoms with Gasteiger partial charge in [-0.05, 0) is 60.3 Å². The maximum absolute atomic E-state index is 10.9. The molecule has 1 N–H and O–H groups in total. The molecule has 2 aliphatic rings. The molecule has 4 unspecified atom stereocenters. The second kappa shape index (κ2) is 8.71. The van der Waals surface area contributed by atoms with Crippen LogP contribution in [0.4, 0.5) is 0 Å². The van der Waals surface area contributed by atoms with E-state index in [9.17, 15) is 5.11 Å². The van der Waals surface area contributed by atoms with Gasteiger partial charge in [-0.3, -0.25) is 0 Å². The lowest BCUT2D eigenvalue weighted by Crippen LogP contribution is -2.21. The van der Waals surface area contributed by atoms with E-state index in [0.717, 1.165) is 30.6 Å². The molecule has 2 nitrogen and oxygen atoms in total. The lowest BCUT2D eigenvalue weighted by Gasteiger charge is -2.35. The van der Waals surface area contributed by atoms with E-state index in [-0.39, 0.29) is 5.92 Å². The van der Waals surface area contributed by atoms with Crippen molar-refractivity contribution < 1.29 is 9.84 Å². The Morgan fingerprint density at radius 1 is 1.19 bits per heavy atom. The number of unbranched alkanes of at least 4 members (excludes halogenated alkanes) is 2. The fourth-order valence-corrected chi connectivity index (χ4v) is 5.21. The van der Waals surface area contributed by atoms with E-state index in [1.807, 2.05) is 6.07 Å². The molecular formula is C25H38O2. The maximum atomic E-state index is 10.9. The van der Waals surface area contributed by atoms with Crippen LogP contribution in [0.3, 0.4) is 0 Å². The summed E-state index contributed by atoms with van der Waals surface area (Å²) < 4.78 is 6.39. The molecule has 2 heteroatoms. The number of hydrogen-bond donors (Lipinski definition) is 1. The number of phenols is 1. The minimum atomic E-state index is 0.271. The number of hydrogen-bond acceptors (Lipinski definition) is 2. The lowest BCUT2D eigenvalue weighted by molar-refractivity contribution is 0.307. The highest BCUT2D eigenvalue weighted by Crippen LogP contribution is 2.50. The Kier molecular flexibility index (Phi) is 6.55. The first-order valence-electron chi connectivity index (χ1n) is 11.2. The average molecular weight is 371 g/mol. The maximum Gasteiger partial charge on any atom is 0.134 e. The molecule has 4 atom stereocenters. The standard InChI is InChI=1S/C25H38O2/c1-6-8-9-10-17(4)20(7-2)19-14-22(26)25-18(5)21-12-11-16(3)13-23(21)27-24(25)15-19/h14-18,20,26H,6-13H2,1-5H3. The summed E-state index contributed by atoms with van der Waals surface area (Å²) >= 11 is 0. The topological polar surface area (TPSA) is 29.5 Å². The second-order valence-corrected chi connectivity index (χ2v) is 9.06. The normalized spacial score (nSPS) is 24.0. The first-order chi connectivity index (χ1) is 13.0. The van der Waals surface area contributed by atoms with Gasteiger partial charge in [-0.2, -0.15) is 0 Å². The number of aromatic hydroxyl groups is 1. The van der Waals surface area contributed by atoms with Gasteiger partial charge >= 0.3 is 0 Å². The van der Waals surface area contributed by atoms with Crippen molar-refractivity contribution in [3.63, 3.8) is 0 Å². The predicted octanol–water partition coefficient (Wildman–Crippen LogP) is 7.67. The molecular weight excluding hydrogens is 332 g/mol. The summed E-state index contributed by atoms with van der Waals surface area (Å²) in [6.07, 6.45) is 9.61. The van der Waals surface area contributed by atoms with Crippen LogP contribution in [0.15, 0.2) is 23.5 Å². The molecule has 1 aliphatic heterocycles. The smallest absolute Gasteiger partial charge is 0.134 e. The van der Waals surface area contributed by atoms with Crippen LogP contribution in [-0.2, 0) is 0 Å². The molecule has 150 valence electrons. The van der Waals surface area contributed by atoms with Gasteiger partial charge in [0.25, 0.3) is 0 Å². The van der Waals surface area contributed by atoms with Crippen LogP contribution in [0.1, 0.15) is 109 Å². The van der Waals surface area contributed by atoms with Gasteiger partial charge in [0, 0.05) is 17.9 Å². The van der Waals surface area contributed by atoms with Gasteiger partial charge < -0.3 is 9.84 Å². The van der Waals surface area contributed by atoms with E-state index in [1.54, 1.807) is 0 Å². The first kappa shape index (κ1) is 20.3. The Bertz CT molecular complexity index is 688. The zero-order valence-electron chi connectivity index (χ0n) is 18.0. The van der Waals surface area contributed by atoms with Gasteiger partial charge in [-0.25, -0.2) is 0 Å². The van der Waals surface area contributed by atoms with Crippen molar-refractivity contribution in [1.29, 1.82) is 0 Å². The van der Waals surface area contributed by atoms with Gasteiger partial charge in [0.15, 0.2) is 0 Å². The highest BCUT2D eigenvalue weighted by atomic mass is 16.5. The molecule has 1 aliphatic carbocycles. The molecule has 0 saturated carbocycles. The lowest BCUT2D eigenvalue weighted by atomic mass is 9.77. The van der Waals surface area contributed by atoms with Crippen molar-refractivity contribution in [1.82, 2.24) is 0 Å². The monoisotopic (exact) mass is 370 g/mol. The molecule has 0 spiro atoms. The molecule has 0 fully saturated rings. The first-order valence-corrected chi connectivity index (χ1v) is 11.2. The van der Waals surface area contributed by atoms with Crippen molar-refractivity contribution in [2.24, 2.45) is 11.8 Å². The zero-order chi connectivity index (χ0) is 19.6. The van der Waals surface area contributed by atoms with Crippen LogP contribution in [0.5, 0.6) is 11.5 Å². The Labute approximate surface area is 166 Å². The molecule has 27 heavy (non-hydrogen) atoms. The van der Waals surface area contributed by atoms with E-state index in [4.69, 9.17) is 4.74 Å². The molecule has 3 rings (SSSR count). The van der Waals surface area contributed by atoms with Crippen LogP contribution in [-0.4, -0.2) is 5.11 Å². The zero-order valence-corrected chi connectivity index (χ0v) is 18.0. The van der Waals surface area contributed by atoms with E-state index in [2.05, 4.69) is 40.7 Å². The Morgan fingerprint density at radius 3 is 2.67 bits per heavy atom. The Hall–Kier alpha value is -1.44. The third kappa shape index (κ3) is 4.20. The third-order valence-corrected chi connectivity index (χ3v) is 6.95. The summed E-state index contributed by atoms with van der Waals surface area (Å²) in [5.41, 5.74) is 3.65. The summed E-state index contributed by atoms with van der Waals surface area (Å²) in [5.74, 6) is 4.59. The molecule has 0 saturated heterocycles. The number of ether oxygens (including phenoxy) is 1. The van der Waals surface area contributed by atoms with Crippen LogP contribution in [0.25, 0.3) is 0 Å². The highest BCUT2D eigenvalue weighted by Gasteiger charge is 2.33. The average Bonchev–Trinajstić information content (AvgIpc) is 2.62. The van der Waals surface area contributed by atoms with Crippen LogP contribution < -0.4 is 4.74 Å². The quantitative estimate of drug-likeness (QED) is 0.499. The number of benzene rings is 1. The number of rotatable bonds is 7. The van der Waals surface area contributed by atoms with E-state index < -0.39 is 0 Å². The molecule has 0 aromatic heterocycles. The van der Waals surface area contributed by atoms with Crippen molar-refractivity contribution in [2.45, 2.75) is 97.8 Å². The summed E-state index contributed by atoms with van der Waals surface area (Å²) in [6.45, 7) is 11.4. The Morgan fingerprint density at radius 2 is 1.96 bits per heavy atom. The Balaban J connectivity index is 1.87. The van der Waals surface area contributed by atoms with E-state index in [1.165, 1.54) is 49.0 Å². The van der Waals surface area contributed by atoms with Crippen LogP contribution in [0, 0.1) is 11.8 Å².